The van der Waals surface area contributed by atoms with Gasteiger partial charge in [0.05, 0.1) is 33.9 Å². The summed E-state index contributed by atoms with van der Waals surface area (Å²) in [5, 5.41) is 14.2. The smallest absolute Gasteiger partial charge is 0.335 e. The summed E-state index contributed by atoms with van der Waals surface area (Å²) < 4.78 is 1.81. The van der Waals surface area contributed by atoms with E-state index in [1.165, 1.54) is 0 Å². The maximum Gasteiger partial charge on any atom is 0.335 e. The number of carbonyl (C=O) groups excluding carboxylic acids is 1. The van der Waals surface area contributed by atoms with Gasteiger partial charge in [-0.3, -0.25) is 19.4 Å². The average Bonchev–Trinajstić information content (AvgIpc) is 3.38. The van der Waals surface area contributed by atoms with Gasteiger partial charge < -0.3 is 5.11 Å². The zero-order chi connectivity index (χ0) is 21.0. The van der Waals surface area contributed by atoms with Crippen LogP contribution in [-0.4, -0.2) is 31.7 Å². The Labute approximate surface area is 177 Å². The van der Waals surface area contributed by atoms with Crippen LogP contribution in [0.2, 0.25) is 5.02 Å². The van der Waals surface area contributed by atoms with E-state index in [9.17, 15) is 14.7 Å². The van der Waals surface area contributed by atoms with Crippen molar-refractivity contribution >= 4 is 34.9 Å². The fourth-order valence-corrected chi connectivity index (χ4v) is 4.75. The molecule has 2 aliphatic rings. The molecular formula is C22H19ClN4O3. The first-order valence-corrected chi connectivity index (χ1v) is 10.2. The minimum Gasteiger partial charge on any atom is -0.478 e. The summed E-state index contributed by atoms with van der Waals surface area (Å²) in [6.45, 7) is 2.83. The molecule has 8 heteroatoms. The summed E-state index contributed by atoms with van der Waals surface area (Å²) in [7, 11) is 0. The van der Waals surface area contributed by atoms with Crippen LogP contribution in [0.3, 0.4) is 0 Å². The maximum absolute atomic E-state index is 13.8. The van der Waals surface area contributed by atoms with Crippen LogP contribution in [0, 0.1) is 0 Å². The van der Waals surface area contributed by atoms with Crippen LogP contribution in [0.15, 0.2) is 42.9 Å². The number of fused-ring (bicyclic) bond motifs is 3. The van der Waals surface area contributed by atoms with E-state index in [0.717, 1.165) is 24.1 Å². The number of hydrogen-bond donors (Lipinski definition) is 1. The average molecular weight is 423 g/mol. The number of nitrogens with zero attached hydrogens (tertiary/aromatic N) is 4. The summed E-state index contributed by atoms with van der Waals surface area (Å²) >= 11 is 6.23. The quantitative estimate of drug-likeness (QED) is 0.691. The minimum atomic E-state index is -0.980. The molecule has 152 valence electrons. The first kappa shape index (κ1) is 18.8. The van der Waals surface area contributed by atoms with Crippen LogP contribution in [0.1, 0.15) is 40.5 Å². The number of carboxylic acids is 1. The normalized spacial score (nSPS) is 19.4. The number of pyridine rings is 1. The Kier molecular flexibility index (Phi) is 4.18. The van der Waals surface area contributed by atoms with E-state index in [-0.39, 0.29) is 11.5 Å². The fraction of sp³-hybridized carbons (Fsp3) is 0.273. The van der Waals surface area contributed by atoms with Crippen LogP contribution in [0.4, 0.5) is 11.4 Å². The first-order valence-electron chi connectivity index (χ1n) is 9.81. The number of amides is 1. The number of aromatic nitrogens is 3. The molecule has 1 N–H and O–H groups in total. The molecule has 0 radical (unpaired) electrons. The summed E-state index contributed by atoms with van der Waals surface area (Å²) in [6, 6.07) is 6.82. The lowest BCUT2D eigenvalue weighted by Crippen LogP contribution is -2.39. The molecule has 7 nitrogen and oxygen atoms in total. The predicted octanol–water partition coefficient (Wildman–Crippen LogP) is 3.75. The number of halogens is 1. The van der Waals surface area contributed by atoms with Gasteiger partial charge >= 0.3 is 5.97 Å². The molecule has 1 amide bonds. The van der Waals surface area contributed by atoms with Crippen molar-refractivity contribution in [3.63, 3.8) is 0 Å². The zero-order valence-electron chi connectivity index (χ0n) is 16.3. The second-order valence-electron chi connectivity index (χ2n) is 7.85. The van der Waals surface area contributed by atoms with Gasteiger partial charge in [-0.15, -0.1) is 0 Å². The molecule has 1 aliphatic carbocycles. The molecule has 3 aromatic rings. The van der Waals surface area contributed by atoms with Crippen LogP contribution >= 0.6 is 11.6 Å². The number of aryl methyl sites for hydroxylation is 1. The molecule has 3 heterocycles. The Morgan fingerprint density at radius 2 is 2.03 bits per heavy atom. The molecule has 0 unspecified atom stereocenters. The van der Waals surface area contributed by atoms with Gasteiger partial charge in [0.2, 0.25) is 5.91 Å². The number of anilines is 2. The number of rotatable bonds is 4. The molecule has 0 saturated carbocycles. The second kappa shape index (κ2) is 6.67. The highest BCUT2D eigenvalue weighted by molar-refractivity contribution is 6.31. The fourth-order valence-electron chi connectivity index (χ4n) is 4.60. The Balaban J connectivity index is 1.62. The van der Waals surface area contributed by atoms with Crippen LogP contribution in [0.25, 0.3) is 0 Å². The summed E-state index contributed by atoms with van der Waals surface area (Å²) in [6.07, 6.45) is 6.92. The predicted molar refractivity (Wildman–Crippen MR) is 111 cm³/mol. The van der Waals surface area contributed by atoms with Crippen molar-refractivity contribution in [1.82, 2.24) is 14.8 Å². The van der Waals surface area contributed by atoms with Gasteiger partial charge in [-0.2, -0.15) is 5.10 Å². The maximum atomic E-state index is 13.8. The topological polar surface area (TPSA) is 88.3 Å². The number of carboxylic acid groups (broad SMARTS) is 1. The summed E-state index contributed by atoms with van der Waals surface area (Å²) in [4.78, 5) is 31.5. The number of hydrogen-bond acceptors (Lipinski definition) is 4. The van der Waals surface area contributed by atoms with E-state index >= 15 is 0 Å². The first-order chi connectivity index (χ1) is 14.4. The van der Waals surface area contributed by atoms with Gasteiger partial charge in [0.15, 0.2) is 0 Å². The van der Waals surface area contributed by atoms with E-state index in [2.05, 4.69) is 17.0 Å². The van der Waals surface area contributed by atoms with Gasteiger partial charge in [0, 0.05) is 18.9 Å². The molecule has 2 aromatic heterocycles. The highest BCUT2D eigenvalue weighted by atomic mass is 35.5. The van der Waals surface area contributed by atoms with Crippen molar-refractivity contribution in [1.29, 1.82) is 0 Å². The second-order valence-corrected chi connectivity index (χ2v) is 8.28. The Bertz CT molecular complexity index is 1200. The molecule has 1 aromatic carbocycles. The molecule has 0 bridgehead atoms. The van der Waals surface area contributed by atoms with E-state index in [4.69, 9.17) is 11.6 Å². The molecule has 5 rings (SSSR count). The van der Waals surface area contributed by atoms with Gasteiger partial charge in [0.25, 0.3) is 0 Å². The van der Waals surface area contributed by atoms with E-state index in [1.54, 1.807) is 41.6 Å². The lowest BCUT2D eigenvalue weighted by atomic mass is 9.82. The van der Waals surface area contributed by atoms with Gasteiger partial charge in [0.1, 0.15) is 5.41 Å². The van der Waals surface area contributed by atoms with Gasteiger partial charge in [-0.1, -0.05) is 24.6 Å². The highest BCUT2D eigenvalue weighted by Crippen LogP contribution is 2.51. The standard InChI is InChI=1S/C22H19ClN4O3/c1-2-5-26-12-17(11-25-26)27-18-7-16(23)10-24-19(18)22(21(27)30)8-14-4-3-13(20(28)29)6-15(14)9-22/h3-4,6-7,10-12H,2,5,8-9H2,1H3,(H,28,29)/t22-/m1/s1. The van der Waals surface area contributed by atoms with E-state index in [1.807, 2.05) is 10.9 Å². The monoisotopic (exact) mass is 422 g/mol. The Morgan fingerprint density at radius 1 is 1.23 bits per heavy atom. The van der Waals surface area contributed by atoms with E-state index in [0.29, 0.717) is 34.9 Å². The third kappa shape index (κ3) is 2.65. The Hall–Kier alpha value is -3.19. The summed E-state index contributed by atoms with van der Waals surface area (Å²) in [5.41, 5.74) is 3.21. The molecule has 30 heavy (non-hydrogen) atoms. The lowest BCUT2D eigenvalue weighted by Gasteiger charge is -2.22. The van der Waals surface area contributed by atoms with Gasteiger partial charge in [-0.25, -0.2) is 4.79 Å². The SMILES string of the molecule is CCCn1cc(N2C(=O)[C@@]3(Cc4ccc(C(=O)O)cc4C3)c3ncc(Cl)cc32)cn1. The van der Waals surface area contributed by atoms with Crippen molar-refractivity contribution in [2.75, 3.05) is 4.90 Å². The molecule has 1 atom stereocenters. The van der Waals surface area contributed by atoms with Crippen LogP contribution in [-0.2, 0) is 29.6 Å². The molecule has 1 spiro atoms. The van der Waals surface area contributed by atoms with Crippen molar-refractivity contribution in [2.24, 2.45) is 0 Å². The van der Waals surface area contributed by atoms with E-state index < -0.39 is 11.4 Å². The van der Waals surface area contributed by atoms with Crippen molar-refractivity contribution in [3.8, 4) is 0 Å². The molecular weight excluding hydrogens is 404 g/mol. The molecule has 0 fully saturated rings. The largest absolute Gasteiger partial charge is 0.478 e. The van der Waals surface area contributed by atoms with Crippen molar-refractivity contribution < 1.29 is 14.7 Å². The number of aromatic carboxylic acids is 1. The van der Waals surface area contributed by atoms with Crippen molar-refractivity contribution in [3.05, 3.63) is 70.3 Å². The number of benzene rings is 1. The third-order valence-corrected chi connectivity index (χ3v) is 6.12. The minimum absolute atomic E-state index is 0.0867. The molecule has 1 aliphatic heterocycles. The number of carbonyl (C=O) groups is 2. The molecule has 0 saturated heterocycles. The Morgan fingerprint density at radius 3 is 2.80 bits per heavy atom. The summed E-state index contributed by atoms with van der Waals surface area (Å²) in [5.74, 6) is -1.07. The third-order valence-electron chi connectivity index (χ3n) is 5.91. The zero-order valence-corrected chi connectivity index (χ0v) is 17.1. The lowest BCUT2D eigenvalue weighted by molar-refractivity contribution is -0.122. The van der Waals surface area contributed by atoms with Crippen molar-refractivity contribution in [2.45, 2.75) is 38.1 Å². The van der Waals surface area contributed by atoms with Gasteiger partial charge in [-0.05, 0) is 48.6 Å². The van der Waals surface area contributed by atoms with Crippen LogP contribution in [0.5, 0.6) is 0 Å². The van der Waals surface area contributed by atoms with Crippen LogP contribution < -0.4 is 4.90 Å². The highest BCUT2D eigenvalue weighted by Gasteiger charge is 2.55.